The van der Waals surface area contributed by atoms with Crippen LogP contribution in [0.5, 0.6) is 0 Å². The van der Waals surface area contributed by atoms with Crippen LogP contribution in [-0.4, -0.2) is 39.7 Å². The van der Waals surface area contributed by atoms with E-state index in [1.807, 2.05) is 17.0 Å². The largest absolute Gasteiger partial charge is 0.396 e. The van der Waals surface area contributed by atoms with Crippen LogP contribution in [0.25, 0.3) is 0 Å². The summed E-state index contributed by atoms with van der Waals surface area (Å²) < 4.78 is 8.34. The average molecular weight is 459 g/mol. The Bertz CT molecular complexity index is 1140. The summed E-state index contributed by atoms with van der Waals surface area (Å²) >= 11 is 6.02. The fourth-order valence-electron chi connectivity index (χ4n) is 3.88. The van der Waals surface area contributed by atoms with Gasteiger partial charge in [0.25, 0.3) is 5.56 Å². The van der Waals surface area contributed by atoms with Gasteiger partial charge in [0.15, 0.2) is 6.17 Å². The summed E-state index contributed by atoms with van der Waals surface area (Å²) in [7, 11) is 1.64. The maximum atomic E-state index is 13.1. The predicted octanol–water partition coefficient (Wildman–Crippen LogP) is 1.91. The number of hydrogen-bond donors (Lipinski definition) is 2. The van der Waals surface area contributed by atoms with Crippen molar-refractivity contribution in [2.45, 2.75) is 51.0 Å². The minimum atomic E-state index is -0.488. The zero-order chi connectivity index (χ0) is 22.7. The molecule has 0 bridgehead atoms. The van der Waals surface area contributed by atoms with Crippen molar-refractivity contribution in [3.63, 3.8) is 0 Å². The van der Waals surface area contributed by atoms with Gasteiger partial charge in [0, 0.05) is 31.8 Å². The summed E-state index contributed by atoms with van der Waals surface area (Å²) in [6.07, 6.45) is 3.48. The fourth-order valence-corrected chi connectivity index (χ4v) is 4.01. The van der Waals surface area contributed by atoms with Gasteiger partial charge in [0.1, 0.15) is 18.1 Å². The van der Waals surface area contributed by atoms with Crippen molar-refractivity contribution in [1.29, 1.82) is 0 Å². The number of rotatable bonds is 7. The highest BCUT2D eigenvalue weighted by Gasteiger charge is 2.34. The SMILES string of the molecule is Cn1c2c(c(=O)n(CCCO)c1=O)NC(C#CCOC1CCC1)N2Cc1ccc(Cl)cc1. The van der Waals surface area contributed by atoms with Crippen LogP contribution < -0.4 is 21.5 Å². The first kappa shape index (κ1) is 22.5. The molecule has 0 spiro atoms. The maximum Gasteiger partial charge on any atom is 0.332 e. The molecule has 32 heavy (non-hydrogen) atoms. The van der Waals surface area contributed by atoms with Crippen LogP contribution in [0.4, 0.5) is 11.5 Å². The monoisotopic (exact) mass is 458 g/mol. The predicted molar refractivity (Wildman–Crippen MR) is 124 cm³/mol. The molecule has 8 nitrogen and oxygen atoms in total. The van der Waals surface area contributed by atoms with Gasteiger partial charge in [0.2, 0.25) is 0 Å². The van der Waals surface area contributed by atoms with E-state index in [4.69, 9.17) is 21.4 Å². The average Bonchev–Trinajstić information content (AvgIpc) is 3.11. The van der Waals surface area contributed by atoms with Gasteiger partial charge in [-0.3, -0.25) is 13.9 Å². The Morgan fingerprint density at radius 1 is 1.25 bits per heavy atom. The Balaban J connectivity index is 1.67. The third-order valence-electron chi connectivity index (χ3n) is 5.87. The van der Waals surface area contributed by atoms with Gasteiger partial charge in [0.05, 0.1) is 6.10 Å². The Hall–Kier alpha value is -2.73. The first-order valence-corrected chi connectivity index (χ1v) is 11.2. The molecule has 0 amide bonds. The summed E-state index contributed by atoms with van der Waals surface area (Å²) in [5.74, 6) is 6.72. The quantitative estimate of drug-likeness (QED) is 0.616. The normalized spacial score (nSPS) is 17.3. The molecule has 2 aromatic rings. The van der Waals surface area contributed by atoms with Gasteiger partial charge in [-0.2, -0.15) is 0 Å². The molecule has 2 aliphatic rings. The molecule has 0 saturated heterocycles. The van der Waals surface area contributed by atoms with Crippen molar-refractivity contribution < 1.29 is 9.84 Å². The molecule has 1 saturated carbocycles. The third kappa shape index (κ3) is 4.56. The van der Waals surface area contributed by atoms with E-state index >= 15 is 0 Å². The molecule has 1 fully saturated rings. The molecule has 1 unspecified atom stereocenters. The lowest BCUT2D eigenvalue weighted by Gasteiger charge is -2.25. The van der Waals surface area contributed by atoms with Crippen molar-refractivity contribution in [1.82, 2.24) is 9.13 Å². The molecule has 2 N–H and O–H groups in total. The maximum absolute atomic E-state index is 13.1. The number of anilines is 2. The highest BCUT2D eigenvalue weighted by molar-refractivity contribution is 6.30. The van der Waals surface area contributed by atoms with E-state index in [-0.39, 0.29) is 13.2 Å². The topological polar surface area (TPSA) is 88.7 Å². The number of aliphatic hydroxyl groups is 1. The Kier molecular flexibility index (Phi) is 6.89. The number of nitrogens with zero attached hydrogens (tertiary/aromatic N) is 3. The summed E-state index contributed by atoms with van der Waals surface area (Å²) in [5, 5.41) is 13.0. The van der Waals surface area contributed by atoms with Crippen LogP contribution in [0.15, 0.2) is 33.9 Å². The van der Waals surface area contributed by atoms with Crippen molar-refractivity contribution in [3.8, 4) is 11.8 Å². The standard InChI is InChI=1S/C23H27ClN4O4/c1-26-21-20(22(30)27(23(26)31)12-4-13-29)25-19(7-3-14-32-18-5-2-6-18)28(21)15-16-8-10-17(24)11-9-16/h8-11,18-19,25,29H,2,4-6,12-15H2,1H3. The molecule has 1 aliphatic carbocycles. The Labute approximate surface area is 191 Å². The molecule has 1 aliphatic heterocycles. The van der Waals surface area contributed by atoms with E-state index in [0.29, 0.717) is 42.2 Å². The number of fused-ring (bicyclic) bond motifs is 1. The van der Waals surface area contributed by atoms with Crippen LogP contribution >= 0.6 is 11.6 Å². The number of nitrogens with one attached hydrogen (secondary N) is 1. The van der Waals surface area contributed by atoms with Crippen LogP contribution in [0.1, 0.15) is 31.2 Å². The van der Waals surface area contributed by atoms with Crippen molar-refractivity contribution in [3.05, 3.63) is 55.7 Å². The van der Waals surface area contributed by atoms with Gasteiger partial charge in [-0.05, 0) is 43.4 Å². The van der Waals surface area contributed by atoms with Gasteiger partial charge >= 0.3 is 5.69 Å². The molecule has 9 heteroatoms. The lowest BCUT2D eigenvalue weighted by atomic mass is 9.96. The van der Waals surface area contributed by atoms with E-state index in [0.717, 1.165) is 23.0 Å². The zero-order valence-corrected chi connectivity index (χ0v) is 18.8. The highest BCUT2D eigenvalue weighted by atomic mass is 35.5. The Morgan fingerprint density at radius 2 is 2.00 bits per heavy atom. The van der Waals surface area contributed by atoms with Gasteiger partial charge in [-0.1, -0.05) is 35.6 Å². The fraction of sp³-hybridized carbons (Fsp3) is 0.478. The molecule has 1 aromatic heterocycles. The van der Waals surface area contributed by atoms with E-state index in [1.54, 1.807) is 19.2 Å². The second-order valence-corrected chi connectivity index (χ2v) is 8.50. The smallest absolute Gasteiger partial charge is 0.332 e. The van der Waals surface area contributed by atoms with Crippen LogP contribution in [0, 0.1) is 11.8 Å². The Morgan fingerprint density at radius 3 is 2.66 bits per heavy atom. The number of aromatic nitrogens is 2. The van der Waals surface area contributed by atoms with Crippen LogP contribution in [-0.2, 0) is 24.9 Å². The second-order valence-electron chi connectivity index (χ2n) is 8.06. The van der Waals surface area contributed by atoms with Gasteiger partial charge in [-0.15, -0.1) is 0 Å². The van der Waals surface area contributed by atoms with Crippen LogP contribution in [0.2, 0.25) is 5.02 Å². The first-order valence-electron chi connectivity index (χ1n) is 10.8. The molecular formula is C23H27ClN4O4. The van der Waals surface area contributed by atoms with E-state index in [2.05, 4.69) is 17.2 Å². The van der Waals surface area contributed by atoms with Gasteiger partial charge < -0.3 is 20.1 Å². The summed E-state index contributed by atoms with van der Waals surface area (Å²) in [4.78, 5) is 27.9. The van der Waals surface area contributed by atoms with Gasteiger partial charge in [-0.25, -0.2) is 4.79 Å². The lowest BCUT2D eigenvalue weighted by molar-refractivity contribution is 0.0216. The van der Waals surface area contributed by atoms with Crippen molar-refractivity contribution in [2.75, 3.05) is 23.4 Å². The van der Waals surface area contributed by atoms with E-state index in [1.165, 1.54) is 11.0 Å². The number of halogens is 1. The second kappa shape index (κ2) is 9.82. The molecular weight excluding hydrogens is 432 g/mol. The summed E-state index contributed by atoms with van der Waals surface area (Å²) in [6.45, 7) is 0.818. The number of benzene rings is 1. The third-order valence-corrected chi connectivity index (χ3v) is 6.12. The zero-order valence-electron chi connectivity index (χ0n) is 18.0. The van der Waals surface area contributed by atoms with Crippen LogP contribution in [0.3, 0.4) is 0 Å². The van der Waals surface area contributed by atoms with Crippen molar-refractivity contribution in [2.24, 2.45) is 7.05 Å². The minimum absolute atomic E-state index is 0.0993. The molecule has 1 aromatic carbocycles. The molecule has 1 atom stereocenters. The minimum Gasteiger partial charge on any atom is -0.396 e. The number of ether oxygens (including phenoxy) is 1. The van der Waals surface area contributed by atoms with E-state index in [9.17, 15) is 9.59 Å². The molecule has 0 radical (unpaired) electrons. The summed E-state index contributed by atoms with van der Waals surface area (Å²) in [5.41, 5.74) is 0.469. The number of hydrogen-bond acceptors (Lipinski definition) is 6. The lowest BCUT2D eigenvalue weighted by Crippen LogP contribution is -2.41. The summed E-state index contributed by atoms with van der Waals surface area (Å²) in [6, 6.07) is 7.43. The van der Waals surface area contributed by atoms with Crippen molar-refractivity contribution >= 4 is 23.1 Å². The first-order chi connectivity index (χ1) is 15.5. The number of aliphatic hydroxyl groups excluding tert-OH is 1. The highest BCUT2D eigenvalue weighted by Crippen LogP contribution is 2.31. The molecule has 2 heterocycles. The molecule has 170 valence electrons. The van der Waals surface area contributed by atoms with E-state index < -0.39 is 17.4 Å². The molecule has 4 rings (SSSR count).